The number of hydrogen-bond acceptors (Lipinski definition) is 0. The van der Waals surface area contributed by atoms with Crippen molar-refractivity contribution >= 4 is 20.9 Å². The highest BCUT2D eigenvalue weighted by molar-refractivity contribution is 8.33. The van der Waals surface area contributed by atoms with Crippen LogP contribution >= 0.6 is 10.0 Å². The molecule has 0 saturated carbocycles. The van der Waals surface area contributed by atoms with Crippen LogP contribution in [0.4, 0.5) is 0 Å². The topological polar surface area (TPSA) is 4.93 Å². The van der Waals surface area contributed by atoms with Crippen LogP contribution in [0.2, 0.25) is 0 Å². The first-order valence-electron chi connectivity index (χ1n) is 8.56. The summed E-state index contributed by atoms with van der Waals surface area (Å²) in [5, 5.41) is 2.93. The molecule has 0 aliphatic heterocycles. The molecule has 1 heterocycles. The maximum absolute atomic E-state index is 2.45. The molecule has 0 aliphatic rings. The van der Waals surface area contributed by atoms with Crippen molar-refractivity contribution in [2.75, 3.05) is 17.3 Å². The van der Waals surface area contributed by atoms with Crippen LogP contribution in [-0.4, -0.2) is 21.8 Å². The van der Waals surface area contributed by atoms with E-state index in [1.165, 1.54) is 39.3 Å². The molecule has 0 atom stereocenters. The van der Waals surface area contributed by atoms with E-state index in [9.17, 15) is 0 Å². The largest absolute Gasteiger partial charge is 0.340 e. The minimum atomic E-state index is -0.696. The van der Waals surface area contributed by atoms with Crippen molar-refractivity contribution in [2.45, 2.75) is 25.8 Å². The van der Waals surface area contributed by atoms with E-state index in [-0.39, 0.29) is 0 Å². The monoisotopic (exact) mass is 325 g/mol. The second-order valence-corrected chi connectivity index (χ2v) is 10.3. The van der Waals surface area contributed by atoms with E-state index in [0.717, 1.165) is 0 Å². The predicted octanol–water partition coefficient (Wildman–Crippen LogP) is 6.07. The van der Waals surface area contributed by atoms with Crippen molar-refractivity contribution in [3.05, 3.63) is 54.6 Å². The van der Waals surface area contributed by atoms with Crippen molar-refractivity contribution in [3.63, 3.8) is 0 Å². The second-order valence-electron chi connectivity index (χ2n) is 6.09. The molecule has 1 nitrogen and oxygen atoms in total. The summed E-state index contributed by atoms with van der Waals surface area (Å²) in [5.41, 5.74) is 3.95. The number of fused-ring (bicyclic) bond motifs is 1. The predicted molar refractivity (Wildman–Crippen MR) is 106 cm³/mol. The summed E-state index contributed by atoms with van der Waals surface area (Å²) in [7, 11) is 1.54. The van der Waals surface area contributed by atoms with Crippen LogP contribution in [0.25, 0.3) is 22.0 Å². The van der Waals surface area contributed by atoms with Gasteiger partial charge in [0.05, 0.1) is 5.03 Å². The Bertz CT molecular complexity index is 789. The summed E-state index contributed by atoms with van der Waals surface area (Å²) in [5.74, 6) is 3.82. The van der Waals surface area contributed by atoms with Gasteiger partial charge in [-0.05, 0) is 46.6 Å². The molecule has 0 fully saturated rings. The molecule has 2 aromatic carbocycles. The first-order chi connectivity index (χ1) is 11.1. The van der Waals surface area contributed by atoms with Gasteiger partial charge in [-0.2, -0.15) is 0 Å². The number of aromatic nitrogens is 1. The second kappa shape index (κ2) is 6.45. The molecule has 0 amide bonds. The van der Waals surface area contributed by atoms with Gasteiger partial charge in [0.15, 0.2) is 0 Å². The SMILES string of the molecule is CCS(CC)(CC)c1cc2cc(-c3ccccc3)ccc2n1C. The molecular formula is C21H27NS. The molecule has 1 aromatic heterocycles. The van der Waals surface area contributed by atoms with Gasteiger partial charge in [0.2, 0.25) is 0 Å². The van der Waals surface area contributed by atoms with Crippen LogP contribution in [-0.2, 0) is 7.05 Å². The average Bonchev–Trinajstić information content (AvgIpc) is 2.95. The fourth-order valence-electron chi connectivity index (χ4n) is 3.61. The van der Waals surface area contributed by atoms with Crippen LogP contribution in [0.5, 0.6) is 0 Å². The molecule has 0 bridgehead atoms. The fourth-order valence-corrected chi connectivity index (χ4v) is 6.77. The Labute approximate surface area is 141 Å². The Hall–Kier alpha value is -1.67. The first kappa shape index (κ1) is 16.2. The van der Waals surface area contributed by atoms with E-state index in [1.807, 2.05) is 0 Å². The zero-order chi connectivity index (χ0) is 16.4. The summed E-state index contributed by atoms with van der Waals surface area (Å²) in [6.07, 6.45) is 0. The van der Waals surface area contributed by atoms with Crippen molar-refractivity contribution in [1.29, 1.82) is 0 Å². The maximum Gasteiger partial charge on any atom is 0.0583 e. The van der Waals surface area contributed by atoms with E-state index < -0.39 is 10.0 Å². The van der Waals surface area contributed by atoms with Gasteiger partial charge >= 0.3 is 0 Å². The van der Waals surface area contributed by atoms with Crippen molar-refractivity contribution in [2.24, 2.45) is 7.05 Å². The van der Waals surface area contributed by atoms with Gasteiger partial charge in [-0.15, -0.1) is 0 Å². The van der Waals surface area contributed by atoms with Crippen LogP contribution in [0, 0.1) is 0 Å². The zero-order valence-corrected chi connectivity index (χ0v) is 15.5. The van der Waals surface area contributed by atoms with E-state index >= 15 is 0 Å². The lowest BCUT2D eigenvalue weighted by Crippen LogP contribution is -2.12. The highest BCUT2D eigenvalue weighted by Gasteiger charge is 2.24. The molecule has 3 aromatic rings. The lowest BCUT2D eigenvalue weighted by atomic mass is 10.0. The zero-order valence-electron chi connectivity index (χ0n) is 14.7. The lowest BCUT2D eigenvalue weighted by molar-refractivity contribution is 0.851. The van der Waals surface area contributed by atoms with Gasteiger partial charge in [0.1, 0.15) is 0 Å². The molecule has 122 valence electrons. The summed E-state index contributed by atoms with van der Waals surface area (Å²) in [6.45, 7) is 7.07. The molecule has 0 N–H and O–H groups in total. The molecule has 23 heavy (non-hydrogen) atoms. The Morgan fingerprint density at radius 2 is 1.43 bits per heavy atom. The van der Waals surface area contributed by atoms with Crippen LogP contribution in [0.1, 0.15) is 20.8 Å². The van der Waals surface area contributed by atoms with Crippen molar-refractivity contribution in [1.82, 2.24) is 4.57 Å². The van der Waals surface area contributed by atoms with Gasteiger partial charge in [-0.3, -0.25) is 0 Å². The van der Waals surface area contributed by atoms with E-state index in [1.54, 1.807) is 5.03 Å². The molecule has 0 saturated heterocycles. The fraction of sp³-hybridized carbons (Fsp3) is 0.333. The molecule has 3 rings (SSSR count). The van der Waals surface area contributed by atoms with Gasteiger partial charge in [0, 0.05) is 18.0 Å². The van der Waals surface area contributed by atoms with Gasteiger partial charge < -0.3 is 4.57 Å². The first-order valence-corrected chi connectivity index (χ1v) is 10.7. The Balaban J connectivity index is 2.15. The summed E-state index contributed by atoms with van der Waals surface area (Å²) in [6, 6.07) is 20.0. The minimum absolute atomic E-state index is 0.696. The Morgan fingerprint density at radius 1 is 0.783 bits per heavy atom. The summed E-state index contributed by atoms with van der Waals surface area (Å²) >= 11 is 0. The summed E-state index contributed by atoms with van der Waals surface area (Å²) in [4.78, 5) is 0. The third kappa shape index (κ3) is 2.70. The number of rotatable bonds is 5. The Kier molecular flexibility index (Phi) is 4.54. The average molecular weight is 326 g/mol. The number of benzene rings is 2. The molecule has 0 spiro atoms. The third-order valence-electron chi connectivity index (χ3n) is 5.21. The number of aryl methyl sites for hydroxylation is 1. The summed E-state index contributed by atoms with van der Waals surface area (Å²) < 4.78 is 2.44. The number of hydrogen-bond donors (Lipinski definition) is 0. The van der Waals surface area contributed by atoms with Gasteiger partial charge in [0.25, 0.3) is 0 Å². The van der Waals surface area contributed by atoms with Crippen molar-refractivity contribution in [3.8, 4) is 11.1 Å². The third-order valence-corrected chi connectivity index (χ3v) is 9.80. The van der Waals surface area contributed by atoms with E-state index in [2.05, 4.69) is 87.0 Å². The molecule has 0 unspecified atom stereocenters. The van der Waals surface area contributed by atoms with Crippen molar-refractivity contribution < 1.29 is 0 Å². The van der Waals surface area contributed by atoms with Gasteiger partial charge in [-0.1, -0.05) is 57.2 Å². The van der Waals surface area contributed by atoms with Crippen LogP contribution in [0.3, 0.4) is 0 Å². The molecular weight excluding hydrogens is 298 g/mol. The Morgan fingerprint density at radius 3 is 2.04 bits per heavy atom. The van der Waals surface area contributed by atoms with E-state index in [4.69, 9.17) is 0 Å². The van der Waals surface area contributed by atoms with Gasteiger partial charge in [-0.25, -0.2) is 10.0 Å². The standard InChI is InChI=1S/C21H27NS/c1-5-23(6-2,7-3)21-16-19-15-18(13-14-20(19)22(21)4)17-11-9-8-10-12-17/h8-16H,5-7H2,1-4H3. The van der Waals surface area contributed by atoms with Crippen LogP contribution in [0.15, 0.2) is 59.6 Å². The maximum atomic E-state index is 2.45. The normalized spacial score (nSPS) is 12.7. The van der Waals surface area contributed by atoms with E-state index in [0.29, 0.717) is 0 Å². The molecule has 0 aliphatic carbocycles. The highest BCUT2D eigenvalue weighted by atomic mass is 32.3. The smallest absolute Gasteiger partial charge is 0.0583 e. The number of nitrogens with zero attached hydrogens (tertiary/aromatic N) is 1. The minimum Gasteiger partial charge on any atom is -0.340 e. The lowest BCUT2D eigenvalue weighted by Gasteiger charge is -2.37. The van der Waals surface area contributed by atoms with Crippen LogP contribution < -0.4 is 0 Å². The molecule has 2 heteroatoms. The molecule has 0 radical (unpaired) electrons. The highest BCUT2D eigenvalue weighted by Crippen LogP contribution is 2.56. The quantitative estimate of drug-likeness (QED) is 0.536.